The van der Waals surface area contributed by atoms with Crippen molar-refractivity contribution in [2.75, 3.05) is 6.61 Å². The van der Waals surface area contributed by atoms with Gasteiger partial charge in [0.1, 0.15) is 11.5 Å². The molecule has 0 bridgehead atoms. The van der Waals surface area contributed by atoms with Gasteiger partial charge in [-0.25, -0.2) is 0 Å². The molecule has 88 valence electrons. The van der Waals surface area contributed by atoms with Gasteiger partial charge in [0.15, 0.2) is 0 Å². The molecule has 0 amide bonds. The zero-order valence-corrected chi connectivity index (χ0v) is 10.5. The third kappa shape index (κ3) is 1.62. The molecule has 0 unspecified atom stereocenters. The quantitative estimate of drug-likeness (QED) is 0.775. The molecule has 1 aromatic heterocycles. The van der Waals surface area contributed by atoms with Crippen molar-refractivity contribution in [2.24, 2.45) is 0 Å². The van der Waals surface area contributed by atoms with Gasteiger partial charge in [-0.3, -0.25) is 0 Å². The van der Waals surface area contributed by atoms with Crippen LogP contribution in [0.3, 0.4) is 0 Å². The Morgan fingerprint density at radius 2 is 2.12 bits per heavy atom. The molecule has 0 N–H and O–H groups in total. The summed E-state index contributed by atoms with van der Waals surface area (Å²) in [5.74, 6) is 1.64. The number of aryl methyl sites for hydroxylation is 2. The molecule has 0 aliphatic carbocycles. The molecular formula is C13H12ClNO2. The highest BCUT2D eigenvalue weighted by molar-refractivity contribution is 6.32. The van der Waals surface area contributed by atoms with Crippen LogP contribution in [0.4, 0.5) is 0 Å². The molecule has 0 spiro atoms. The first-order valence-electron chi connectivity index (χ1n) is 5.55. The molecule has 0 fully saturated rings. The average Bonchev–Trinajstić information content (AvgIpc) is 2.86. The van der Waals surface area contributed by atoms with Gasteiger partial charge in [0, 0.05) is 12.0 Å². The van der Waals surface area contributed by atoms with E-state index < -0.39 is 0 Å². The minimum Gasteiger partial charge on any atom is -0.491 e. The third-order valence-corrected chi connectivity index (χ3v) is 3.34. The van der Waals surface area contributed by atoms with Crippen LogP contribution in [0.15, 0.2) is 16.7 Å². The van der Waals surface area contributed by atoms with Crippen LogP contribution in [0.5, 0.6) is 5.75 Å². The molecule has 2 heterocycles. The number of aromatic nitrogens is 1. The molecule has 1 aliphatic rings. The highest BCUT2D eigenvalue weighted by atomic mass is 35.5. The van der Waals surface area contributed by atoms with Gasteiger partial charge in [-0.15, -0.1) is 0 Å². The van der Waals surface area contributed by atoms with Gasteiger partial charge in [-0.05, 0) is 37.1 Å². The molecule has 0 saturated heterocycles. The minimum absolute atomic E-state index is 0.662. The van der Waals surface area contributed by atoms with Crippen LogP contribution >= 0.6 is 11.6 Å². The molecule has 17 heavy (non-hydrogen) atoms. The Hall–Kier alpha value is -1.48. The maximum absolute atomic E-state index is 6.22. The van der Waals surface area contributed by atoms with Crippen molar-refractivity contribution in [1.29, 1.82) is 0 Å². The summed E-state index contributed by atoms with van der Waals surface area (Å²) in [7, 11) is 0. The second-order valence-corrected chi connectivity index (χ2v) is 4.65. The Morgan fingerprint density at radius 1 is 1.29 bits per heavy atom. The maximum atomic E-state index is 6.22. The lowest BCUT2D eigenvalue weighted by Gasteiger charge is -2.06. The summed E-state index contributed by atoms with van der Waals surface area (Å²) in [4.78, 5) is 0. The monoisotopic (exact) mass is 249 g/mol. The molecule has 3 nitrogen and oxygen atoms in total. The largest absolute Gasteiger partial charge is 0.491 e. The van der Waals surface area contributed by atoms with Crippen molar-refractivity contribution >= 4 is 11.6 Å². The number of rotatable bonds is 1. The molecule has 0 atom stereocenters. The zero-order valence-electron chi connectivity index (χ0n) is 9.71. The number of halogens is 1. The first kappa shape index (κ1) is 10.7. The lowest BCUT2D eigenvalue weighted by Crippen LogP contribution is -1.87. The Bertz CT molecular complexity index is 570. The fourth-order valence-corrected chi connectivity index (χ4v) is 2.59. The number of hydrogen-bond donors (Lipinski definition) is 0. The van der Waals surface area contributed by atoms with Gasteiger partial charge in [0.25, 0.3) is 0 Å². The highest BCUT2D eigenvalue weighted by Gasteiger charge is 2.20. The van der Waals surface area contributed by atoms with Gasteiger partial charge in [-0.2, -0.15) is 0 Å². The van der Waals surface area contributed by atoms with Gasteiger partial charge < -0.3 is 9.26 Å². The van der Waals surface area contributed by atoms with Crippen LogP contribution in [-0.2, 0) is 6.42 Å². The van der Waals surface area contributed by atoms with Crippen molar-refractivity contribution < 1.29 is 9.26 Å². The van der Waals surface area contributed by atoms with Crippen LogP contribution in [0.25, 0.3) is 11.1 Å². The Balaban J connectivity index is 2.20. The first-order chi connectivity index (χ1) is 8.16. The fraction of sp³-hybridized carbons (Fsp3) is 0.308. The summed E-state index contributed by atoms with van der Waals surface area (Å²) in [5.41, 5.74) is 4.13. The Labute approximate surface area is 104 Å². The van der Waals surface area contributed by atoms with Crippen LogP contribution in [-0.4, -0.2) is 11.8 Å². The van der Waals surface area contributed by atoms with Gasteiger partial charge in [0.05, 0.1) is 17.3 Å². The van der Waals surface area contributed by atoms with Crippen molar-refractivity contribution in [3.8, 4) is 16.9 Å². The average molecular weight is 250 g/mol. The molecule has 0 saturated carbocycles. The summed E-state index contributed by atoms with van der Waals surface area (Å²) in [6, 6.07) is 4.03. The topological polar surface area (TPSA) is 35.3 Å². The molecule has 1 aliphatic heterocycles. The predicted molar refractivity (Wildman–Crippen MR) is 65.6 cm³/mol. The van der Waals surface area contributed by atoms with Crippen LogP contribution in [0, 0.1) is 13.8 Å². The van der Waals surface area contributed by atoms with Crippen LogP contribution < -0.4 is 4.74 Å². The van der Waals surface area contributed by atoms with E-state index in [1.54, 1.807) is 0 Å². The van der Waals surface area contributed by atoms with Gasteiger partial charge in [0.2, 0.25) is 0 Å². The summed E-state index contributed by atoms with van der Waals surface area (Å²) >= 11 is 6.22. The molecular weight excluding hydrogens is 238 g/mol. The first-order valence-corrected chi connectivity index (χ1v) is 5.93. The fourth-order valence-electron chi connectivity index (χ4n) is 2.30. The standard InChI is InChI=1S/C13H12ClNO2/c1-7-12(8(2)17-15-7)10-5-9-3-4-16-13(9)11(14)6-10/h5-6H,3-4H2,1-2H3. The Morgan fingerprint density at radius 3 is 2.82 bits per heavy atom. The summed E-state index contributed by atoms with van der Waals surface area (Å²) in [6.45, 7) is 4.55. The van der Waals surface area contributed by atoms with E-state index in [0.29, 0.717) is 11.6 Å². The van der Waals surface area contributed by atoms with Crippen molar-refractivity contribution in [1.82, 2.24) is 5.16 Å². The SMILES string of the molecule is Cc1noc(C)c1-c1cc(Cl)c2c(c1)CCO2. The predicted octanol–water partition coefficient (Wildman–Crippen LogP) is 3.55. The maximum Gasteiger partial charge on any atom is 0.141 e. The molecule has 2 aromatic rings. The third-order valence-electron chi connectivity index (χ3n) is 3.06. The lowest BCUT2D eigenvalue weighted by molar-refractivity contribution is 0.357. The number of hydrogen-bond acceptors (Lipinski definition) is 3. The van der Waals surface area contributed by atoms with E-state index in [2.05, 4.69) is 11.2 Å². The summed E-state index contributed by atoms with van der Waals surface area (Å²) < 4.78 is 10.7. The van der Waals surface area contributed by atoms with Crippen LogP contribution in [0.2, 0.25) is 5.02 Å². The van der Waals surface area contributed by atoms with Crippen molar-refractivity contribution in [3.05, 3.63) is 34.2 Å². The number of ether oxygens (including phenoxy) is 1. The molecule has 3 rings (SSSR count). The van der Waals surface area contributed by atoms with E-state index in [1.807, 2.05) is 19.9 Å². The lowest BCUT2D eigenvalue weighted by atomic mass is 10.0. The van der Waals surface area contributed by atoms with Gasteiger partial charge in [-0.1, -0.05) is 16.8 Å². The molecule has 0 radical (unpaired) electrons. The van der Waals surface area contributed by atoms with Crippen molar-refractivity contribution in [2.45, 2.75) is 20.3 Å². The smallest absolute Gasteiger partial charge is 0.141 e. The van der Waals surface area contributed by atoms with E-state index in [9.17, 15) is 0 Å². The van der Waals surface area contributed by atoms with E-state index in [0.717, 1.165) is 40.3 Å². The molecule has 1 aromatic carbocycles. The zero-order chi connectivity index (χ0) is 12.0. The van der Waals surface area contributed by atoms with E-state index in [1.165, 1.54) is 0 Å². The number of benzene rings is 1. The van der Waals surface area contributed by atoms with E-state index in [-0.39, 0.29) is 0 Å². The summed E-state index contributed by atoms with van der Waals surface area (Å²) in [5, 5.41) is 4.63. The minimum atomic E-state index is 0.662. The van der Waals surface area contributed by atoms with Crippen LogP contribution in [0.1, 0.15) is 17.0 Å². The normalized spacial score (nSPS) is 13.6. The second-order valence-electron chi connectivity index (χ2n) is 4.24. The van der Waals surface area contributed by atoms with Crippen molar-refractivity contribution in [3.63, 3.8) is 0 Å². The summed E-state index contributed by atoms with van der Waals surface area (Å²) in [6.07, 6.45) is 0.909. The highest BCUT2D eigenvalue weighted by Crippen LogP contribution is 2.39. The Kier molecular flexibility index (Phi) is 2.37. The number of nitrogens with zero attached hydrogens (tertiary/aromatic N) is 1. The second kappa shape index (κ2) is 3.77. The van der Waals surface area contributed by atoms with E-state index in [4.69, 9.17) is 20.9 Å². The molecule has 4 heteroatoms. The number of fused-ring (bicyclic) bond motifs is 1. The van der Waals surface area contributed by atoms with E-state index >= 15 is 0 Å². The van der Waals surface area contributed by atoms with Gasteiger partial charge >= 0.3 is 0 Å².